The summed E-state index contributed by atoms with van der Waals surface area (Å²) < 4.78 is 0. The van der Waals surface area contributed by atoms with Gasteiger partial charge in [0.05, 0.1) is 0 Å². The summed E-state index contributed by atoms with van der Waals surface area (Å²) in [6.45, 7) is 0.638. The molecule has 0 unspecified atom stereocenters. The molecule has 0 aliphatic carbocycles. The maximum atomic E-state index is 10.4. The maximum absolute atomic E-state index is 10.4. The second-order valence-corrected chi connectivity index (χ2v) is 3.11. The van der Waals surface area contributed by atoms with Crippen molar-refractivity contribution >= 4 is 5.97 Å². The summed E-state index contributed by atoms with van der Waals surface area (Å²) >= 11 is 0. The third-order valence-corrected chi connectivity index (χ3v) is 1.34. The van der Waals surface area contributed by atoms with Crippen LogP contribution >= 0.6 is 0 Å². The zero-order valence-corrected chi connectivity index (χ0v) is 8.03. The van der Waals surface area contributed by atoms with E-state index in [-0.39, 0.29) is 0 Å². The molecule has 0 atom stereocenters. The monoisotopic (exact) mass is 172 g/mol. The van der Waals surface area contributed by atoms with Crippen LogP contribution < -0.4 is 0 Å². The van der Waals surface area contributed by atoms with Crippen LogP contribution in [0, 0.1) is 0 Å². The van der Waals surface area contributed by atoms with Crippen molar-refractivity contribution in [3.63, 3.8) is 0 Å². The molecule has 0 radical (unpaired) electrons. The summed E-state index contributed by atoms with van der Waals surface area (Å²) in [7, 11) is 7.47. The van der Waals surface area contributed by atoms with Gasteiger partial charge in [0.25, 0.3) is 0 Å². The SMILES string of the molecule is CN(C)C/C(=C/C(=O)O)N(C)C. The van der Waals surface area contributed by atoms with E-state index in [1.807, 2.05) is 33.1 Å². The van der Waals surface area contributed by atoms with Gasteiger partial charge < -0.3 is 14.9 Å². The highest BCUT2D eigenvalue weighted by molar-refractivity contribution is 5.80. The standard InChI is InChI=1S/C8H16N2O2/c1-9(2)6-7(10(3)4)5-8(11)12/h5H,6H2,1-4H3,(H,11,12)/b7-5-. The van der Waals surface area contributed by atoms with Gasteiger partial charge in [-0.15, -0.1) is 0 Å². The molecule has 0 spiro atoms. The number of hydrogen-bond donors (Lipinski definition) is 1. The van der Waals surface area contributed by atoms with Gasteiger partial charge in [-0.25, -0.2) is 4.79 Å². The summed E-state index contributed by atoms with van der Waals surface area (Å²) in [6.07, 6.45) is 1.22. The summed E-state index contributed by atoms with van der Waals surface area (Å²) in [4.78, 5) is 14.1. The van der Waals surface area contributed by atoms with E-state index in [1.165, 1.54) is 6.08 Å². The van der Waals surface area contributed by atoms with Gasteiger partial charge in [0.2, 0.25) is 0 Å². The Labute approximate surface area is 73.1 Å². The summed E-state index contributed by atoms with van der Waals surface area (Å²) in [5.74, 6) is -0.902. The topological polar surface area (TPSA) is 43.8 Å². The minimum atomic E-state index is -0.902. The first-order chi connectivity index (χ1) is 5.43. The molecule has 70 valence electrons. The lowest BCUT2D eigenvalue weighted by Gasteiger charge is -2.20. The molecule has 0 amide bonds. The van der Waals surface area contributed by atoms with Gasteiger partial charge in [-0.2, -0.15) is 0 Å². The molecule has 0 rings (SSSR count). The zero-order valence-electron chi connectivity index (χ0n) is 8.03. The molecule has 0 aliphatic heterocycles. The number of hydrogen-bond acceptors (Lipinski definition) is 3. The van der Waals surface area contributed by atoms with Crippen molar-refractivity contribution < 1.29 is 9.90 Å². The van der Waals surface area contributed by atoms with Crippen LogP contribution in [0.25, 0.3) is 0 Å². The van der Waals surface area contributed by atoms with E-state index >= 15 is 0 Å². The molecule has 0 aromatic rings. The third-order valence-electron chi connectivity index (χ3n) is 1.34. The Morgan fingerprint density at radius 2 is 1.83 bits per heavy atom. The summed E-state index contributed by atoms with van der Waals surface area (Å²) in [6, 6.07) is 0. The van der Waals surface area contributed by atoms with Gasteiger partial charge in [0.15, 0.2) is 0 Å². The van der Waals surface area contributed by atoms with Crippen LogP contribution in [0.15, 0.2) is 11.8 Å². The number of carboxylic acids is 1. The van der Waals surface area contributed by atoms with Crippen molar-refractivity contribution in [3.05, 3.63) is 11.8 Å². The van der Waals surface area contributed by atoms with Crippen molar-refractivity contribution in [3.8, 4) is 0 Å². The van der Waals surface area contributed by atoms with Crippen LogP contribution in [0.5, 0.6) is 0 Å². The molecule has 0 heterocycles. The third kappa shape index (κ3) is 4.73. The molecular weight excluding hydrogens is 156 g/mol. The Morgan fingerprint density at radius 3 is 2.08 bits per heavy atom. The highest BCUT2D eigenvalue weighted by atomic mass is 16.4. The van der Waals surface area contributed by atoms with E-state index in [4.69, 9.17) is 5.11 Å². The lowest BCUT2D eigenvalue weighted by molar-refractivity contribution is -0.131. The number of likely N-dealkylation sites (N-methyl/N-ethyl adjacent to an activating group) is 2. The molecule has 0 bridgehead atoms. The van der Waals surface area contributed by atoms with Crippen LogP contribution in [0.1, 0.15) is 0 Å². The number of carbonyl (C=O) groups is 1. The fourth-order valence-corrected chi connectivity index (χ4v) is 0.783. The average molecular weight is 172 g/mol. The lowest BCUT2D eigenvalue weighted by atomic mass is 10.3. The summed E-state index contributed by atoms with van der Waals surface area (Å²) in [5.41, 5.74) is 0.785. The second-order valence-electron chi connectivity index (χ2n) is 3.11. The highest BCUT2D eigenvalue weighted by Crippen LogP contribution is 1.99. The highest BCUT2D eigenvalue weighted by Gasteiger charge is 2.03. The molecule has 0 saturated carbocycles. The van der Waals surface area contributed by atoms with Gasteiger partial charge in [0.1, 0.15) is 0 Å². The molecule has 12 heavy (non-hydrogen) atoms. The Bertz CT molecular complexity index is 185. The number of aliphatic carboxylic acids is 1. The fourth-order valence-electron chi connectivity index (χ4n) is 0.783. The quantitative estimate of drug-likeness (QED) is 0.610. The van der Waals surface area contributed by atoms with Crippen LogP contribution in [-0.2, 0) is 4.79 Å². The van der Waals surface area contributed by atoms with Crippen molar-refractivity contribution in [2.45, 2.75) is 0 Å². The predicted molar refractivity (Wildman–Crippen MR) is 48.0 cm³/mol. The minimum absolute atomic E-state index is 0.638. The van der Waals surface area contributed by atoms with Crippen molar-refractivity contribution in [2.75, 3.05) is 34.7 Å². The van der Waals surface area contributed by atoms with E-state index in [1.54, 1.807) is 4.90 Å². The van der Waals surface area contributed by atoms with Crippen molar-refractivity contribution in [1.82, 2.24) is 9.80 Å². The largest absolute Gasteiger partial charge is 0.478 e. The molecule has 4 heteroatoms. The van der Waals surface area contributed by atoms with Crippen LogP contribution in [0.2, 0.25) is 0 Å². The molecule has 4 nitrogen and oxygen atoms in total. The normalized spacial score (nSPS) is 11.9. The van der Waals surface area contributed by atoms with E-state index in [2.05, 4.69) is 0 Å². The minimum Gasteiger partial charge on any atom is -0.478 e. The number of nitrogens with zero attached hydrogens (tertiary/aromatic N) is 2. The maximum Gasteiger partial charge on any atom is 0.330 e. The Hall–Kier alpha value is -1.03. The van der Waals surface area contributed by atoms with Gasteiger partial charge >= 0.3 is 5.97 Å². The van der Waals surface area contributed by atoms with Gasteiger partial charge in [-0.05, 0) is 14.1 Å². The molecule has 0 fully saturated rings. The van der Waals surface area contributed by atoms with Crippen molar-refractivity contribution in [1.29, 1.82) is 0 Å². The first-order valence-corrected chi connectivity index (χ1v) is 3.69. The molecule has 0 aromatic heterocycles. The Morgan fingerprint density at radius 1 is 1.33 bits per heavy atom. The Balaban J connectivity index is 4.33. The van der Waals surface area contributed by atoms with Crippen molar-refractivity contribution in [2.24, 2.45) is 0 Å². The van der Waals surface area contributed by atoms with E-state index in [0.29, 0.717) is 6.54 Å². The first-order valence-electron chi connectivity index (χ1n) is 3.69. The van der Waals surface area contributed by atoms with E-state index in [0.717, 1.165) is 5.70 Å². The Kier molecular flexibility index (Phi) is 4.36. The number of carboxylic acid groups (broad SMARTS) is 1. The fraction of sp³-hybridized carbons (Fsp3) is 0.625. The van der Waals surface area contributed by atoms with Gasteiger partial charge in [-0.3, -0.25) is 0 Å². The lowest BCUT2D eigenvalue weighted by Crippen LogP contribution is -2.24. The first kappa shape index (κ1) is 11.0. The van der Waals surface area contributed by atoms with Crippen LogP contribution in [0.3, 0.4) is 0 Å². The molecule has 1 N–H and O–H groups in total. The van der Waals surface area contributed by atoms with Crippen LogP contribution in [-0.4, -0.2) is 55.6 Å². The number of rotatable bonds is 4. The zero-order chi connectivity index (χ0) is 9.72. The van der Waals surface area contributed by atoms with Gasteiger partial charge in [-0.1, -0.05) is 0 Å². The van der Waals surface area contributed by atoms with E-state index < -0.39 is 5.97 Å². The predicted octanol–water partition coefficient (Wildman–Crippen LogP) is 0.0781. The molecular formula is C8H16N2O2. The molecule has 0 saturated heterocycles. The van der Waals surface area contributed by atoms with Gasteiger partial charge in [0, 0.05) is 32.4 Å². The molecule has 0 aromatic carbocycles. The van der Waals surface area contributed by atoms with Crippen LogP contribution in [0.4, 0.5) is 0 Å². The average Bonchev–Trinajstić information content (AvgIpc) is 1.83. The second kappa shape index (κ2) is 4.77. The molecule has 0 aliphatic rings. The smallest absolute Gasteiger partial charge is 0.330 e. The van der Waals surface area contributed by atoms with E-state index in [9.17, 15) is 4.79 Å². The summed E-state index contributed by atoms with van der Waals surface area (Å²) in [5, 5.41) is 8.52.